The first-order valence-corrected chi connectivity index (χ1v) is 13.2. The number of hydrogen-bond donors (Lipinski definition) is 0. The van der Waals surface area contributed by atoms with E-state index in [1.807, 2.05) is 46.3 Å². The molecule has 1 amide bonds. The van der Waals surface area contributed by atoms with E-state index >= 15 is 0 Å². The summed E-state index contributed by atoms with van der Waals surface area (Å²) in [7, 11) is 1.67. The van der Waals surface area contributed by atoms with E-state index in [9.17, 15) is 4.79 Å². The van der Waals surface area contributed by atoms with Crippen molar-refractivity contribution in [2.24, 2.45) is 5.92 Å². The van der Waals surface area contributed by atoms with E-state index in [4.69, 9.17) is 4.74 Å². The number of carbonyl (C=O) groups excluding carboxylic acids is 1. The van der Waals surface area contributed by atoms with Crippen molar-refractivity contribution in [1.29, 1.82) is 0 Å². The van der Waals surface area contributed by atoms with Crippen LogP contribution in [0.15, 0.2) is 46.9 Å². The molecular weight excluding hydrogens is 440 g/mol. The van der Waals surface area contributed by atoms with Crippen LogP contribution >= 0.6 is 23.1 Å². The van der Waals surface area contributed by atoms with Crippen LogP contribution in [0.3, 0.4) is 0 Å². The van der Waals surface area contributed by atoms with Gasteiger partial charge in [0.25, 0.3) is 0 Å². The first-order chi connectivity index (χ1) is 15.8. The Kier molecular flexibility index (Phi) is 6.50. The molecule has 5 rings (SSSR count). The minimum atomic E-state index is 0.221. The molecule has 0 spiro atoms. The molecule has 3 heterocycles. The molecule has 3 aromatic rings. The molecule has 0 bridgehead atoms. The quantitative estimate of drug-likeness (QED) is 0.461. The predicted molar refractivity (Wildman–Crippen MR) is 129 cm³/mol. The predicted octanol–water partition coefficient (Wildman–Crippen LogP) is 5.28. The van der Waals surface area contributed by atoms with Crippen LogP contribution in [0.1, 0.15) is 38.5 Å². The summed E-state index contributed by atoms with van der Waals surface area (Å²) in [6.07, 6.45) is 7.37. The van der Waals surface area contributed by atoms with E-state index in [-0.39, 0.29) is 5.91 Å². The number of aromatic nitrogens is 3. The van der Waals surface area contributed by atoms with Crippen molar-refractivity contribution in [2.45, 2.75) is 49.7 Å². The molecule has 1 aromatic carbocycles. The van der Waals surface area contributed by atoms with Crippen molar-refractivity contribution >= 4 is 29.0 Å². The molecule has 0 radical (unpaired) electrons. The van der Waals surface area contributed by atoms with Crippen LogP contribution in [0.4, 0.5) is 0 Å². The zero-order valence-electron chi connectivity index (χ0n) is 18.3. The topological polar surface area (TPSA) is 60.2 Å². The highest BCUT2D eigenvalue weighted by molar-refractivity contribution is 7.99. The van der Waals surface area contributed by atoms with Crippen molar-refractivity contribution in [1.82, 2.24) is 19.7 Å². The molecule has 8 heteroatoms. The number of nitrogens with zero attached hydrogens (tertiary/aromatic N) is 4. The van der Waals surface area contributed by atoms with Crippen molar-refractivity contribution in [2.75, 3.05) is 19.4 Å². The molecule has 2 aromatic heterocycles. The fraction of sp³-hybridized carbons (Fsp3) is 0.458. The number of para-hydroxylation sites is 2. The van der Waals surface area contributed by atoms with Gasteiger partial charge in [-0.2, -0.15) is 0 Å². The summed E-state index contributed by atoms with van der Waals surface area (Å²) in [5, 5.41) is 11.7. The third kappa shape index (κ3) is 4.18. The van der Waals surface area contributed by atoms with Crippen LogP contribution in [-0.2, 0) is 4.79 Å². The minimum absolute atomic E-state index is 0.221. The van der Waals surface area contributed by atoms with E-state index in [0.29, 0.717) is 22.9 Å². The number of likely N-dealkylation sites (tertiary alicyclic amines) is 1. The lowest BCUT2D eigenvalue weighted by molar-refractivity contribution is -0.134. The summed E-state index contributed by atoms with van der Waals surface area (Å²) in [5.41, 5.74) is 0.878. The second-order valence-electron chi connectivity index (χ2n) is 8.42. The van der Waals surface area contributed by atoms with E-state index < -0.39 is 0 Å². The SMILES string of the molecule is COc1ccccc1-n1c(SCC(=O)N2CCCC3CCCCC32)nnc1-c1cccs1. The lowest BCUT2D eigenvalue weighted by Gasteiger charge is -2.44. The van der Waals surface area contributed by atoms with Gasteiger partial charge in [-0.15, -0.1) is 21.5 Å². The van der Waals surface area contributed by atoms with Gasteiger partial charge in [0.2, 0.25) is 5.91 Å². The summed E-state index contributed by atoms with van der Waals surface area (Å²) < 4.78 is 7.64. The van der Waals surface area contributed by atoms with Gasteiger partial charge < -0.3 is 9.64 Å². The van der Waals surface area contributed by atoms with Gasteiger partial charge in [-0.3, -0.25) is 9.36 Å². The largest absolute Gasteiger partial charge is 0.495 e. The first kappa shape index (κ1) is 21.5. The Morgan fingerprint density at radius 1 is 1.12 bits per heavy atom. The fourth-order valence-electron chi connectivity index (χ4n) is 5.10. The summed E-state index contributed by atoms with van der Waals surface area (Å²) in [6.45, 7) is 0.889. The summed E-state index contributed by atoms with van der Waals surface area (Å²) in [5.74, 6) is 2.80. The molecule has 0 N–H and O–H groups in total. The Morgan fingerprint density at radius 2 is 1.97 bits per heavy atom. The molecule has 2 aliphatic rings. The number of amides is 1. The average molecular weight is 469 g/mol. The summed E-state index contributed by atoms with van der Waals surface area (Å²) in [4.78, 5) is 16.4. The minimum Gasteiger partial charge on any atom is -0.495 e. The smallest absolute Gasteiger partial charge is 0.233 e. The molecule has 1 saturated carbocycles. The highest BCUT2D eigenvalue weighted by atomic mass is 32.2. The zero-order chi connectivity index (χ0) is 21.9. The van der Waals surface area contributed by atoms with Gasteiger partial charge in [0, 0.05) is 12.6 Å². The molecule has 2 atom stereocenters. The van der Waals surface area contributed by atoms with E-state index in [2.05, 4.69) is 15.1 Å². The second-order valence-corrected chi connectivity index (χ2v) is 10.3. The highest BCUT2D eigenvalue weighted by Crippen LogP contribution is 2.37. The fourth-order valence-corrected chi connectivity index (χ4v) is 6.63. The van der Waals surface area contributed by atoms with E-state index in [1.54, 1.807) is 18.4 Å². The van der Waals surface area contributed by atoms with Crippen LogP contribution < -0.4 is 4.74 Å². The zero-order valence-corrected chi connectivity index (χ0v) is 19.9. The van der Waals surface area contributed by atoms with Gasteiger partial charge in [-0.1, -0.05) is 42.8 Å². The molecule has 2 fully saturated rings. The van der Waals surface area contributed by atoms with Crippen molar-refractivity contribution < 1.29 is 9.53 Å². The van der Waals surface area contributed by atoms with Gasteiger partial charge in [-0.25, -0.2) is 0 Å². The van der Waals surface area contributed by atoms with Crippen LogP contribution in [0, 0.1) is 5.92 Å². The number of fused-ring (bicyclic) bond motifs is 1. The van der Waals surface area contributed by atoms with Crippen molar-refractivity contribution in [3.63, 3.8) is 0 Å². The average Bonchev–Trinajstić information content (AvgIpc) is 3.52. The molecule has 2 unspecified atom stereocenters. The Bertz CT molecular complexity index is 1060. The van der Waals surface area contributed by atoms with E-state index in [0.717, 1.165) is 41.5 Å². The number of methoxy groups -OCH3 is 1. The van der Waals surface area contributed by atoms with Gasteiger partial charge >= 0.3 is 0 Å². The number of ether oxygens (including phenoxy) is 1. The third-order valence-corrected chi connectivity index (χ3v) is 8.37. The maximum atomic E-state index is 13.3. The number of rotatable bonds is 6. The molecule has 1 saturated heterocycles. The number of benzene rings is 1. The number of thioether (sulfide) groups is 1. The highest BCUT2D eigenvalue weighted by Gasteiger charge is 2.35. The third-order valence-electron chi connectivity index (χ3n) is 6.59. The van der Waals surface area contributed by atoms with Crippen molar-refractivity contribution in [3.05, 3.63) is 41.8 Å². The molecule has 6 nitrogen and oxygen atoms in total. The number of piperidine rings is 1. The normalized spacial score (nSPS) is 20.7. The standard InChI is InChI=1S/C24H28N4O2S2/c1-30-20-12-5-4-11-19(20)28-23(21-13-7-15-31-21)25-26-24(28)32-16-22(29)27-14-6-9-17-8-2-3-10-18(17)27/h4-5,7,11-13,15,17-18H,2-3,6,8-10,14,16H2,1H3. The number of carbonyl (C=O) groups is 1. The van der Waals surface area contributed by atoms with Gasteiger partial charge in [0.15, 0.2) is 11.0 Å². The van der Waals surface area contributed by atoms with Gasteiger partial charge in [-0.05, 0) is 55.2 Å². The maximum absolute atomic E-state index is 13.3. The number of hydrogen-bond acceptors (Lipinski definition) is 6. The maximum Gasteiger partial charge on any atom is 0.233 e. The van der Waals surface area contributed by atoms with Crippen LogP contribution in [0.5, 0.6) is 5.75 Å². The monoisotopic (exact) mass is 468 g/mol. The summed E-state index contributed by atoms with van der Waals surface area (Å²) in [6, 6.07) is 12.3. The molecular formula is C24H28N4O2S2. The lowest BCUT2D eigenvalue weighted by Crippen LogP contribution is -2.50. The summed E-state index contributed by atoms with van der Waals surface area (Å²) >= 11 is 3.09. The van der Waals surface area contributed by atoms with Gasteiger partial charge in [0.05, 0.1) is 23.4 Å². The molecule has 1 aliphatic carbocycles. The van der Waals surface area contributed by atoms with Crippen LogP contribution in [0.25, 0.3) is 16.4 Å². The van der Waals surface area contributed by atoms with Crippen LogP contribution in [-0.4, -0.2) is 51.0 Å². The molecule has 32 heavy (non-hydrogen) atoms. The first-order valence-electron chi connectivity index (χ1n) is 11.3. The Labute approximate surface area is 197 Å². The van der Waals surface area contributed by atoms with Crippen LogP contribution in [0.2, 0.25) is 0 Å². The Balaban J connectivity index is 1.41. The molecule has 168 valence electrons. The Morgan fingerprint density at radius 3 is 2.81 bits per heavy atom. The van der Waals surface area contributed by atoms with Crippen molar-refractivity contribution in [3.8, 4) is 22.1 Å². The Hall–Kier alpha value is -2.32. The van der Waals surface area contributed by atoms with Gasteiger partial charge in [0.1, 0.15) is 5.75 Å². The second kappa shape index (κ2) is 9.67. The number of thiophene rings is 1. The molecule has 1 aliphatic heterocycles. The lowest BCUT2D eigenvalue weighted by atomic mass is 9.78. The van der Waals surface area contributed by atoms with E-state index in [1.165, 1.54) is 37.4 Å².